The van der Waals surface area contributed by atoms with Crippen LogP contribution in [0.5, 0.6) is 0 Å². The van der Waals surface area contributed by atoms with Crippen LogP contribution in [0.2, 0.25) is 0 Å². The molecule has 0 bridgehead atoms. The number of nitrogens with zero attached hydrogens (tertiary/aromatic N) is 3. The molecule has 35 heavy (non-hydrogen) atoms. The molecular weight excluding hydrogens is 515 g/mol. The molecule has 2 aromatic carbocycles. The number of aromatic nitrogens is 2. The quantitative estimate of drug-likeness (QED) is 0.436. The number of nitrogens with one attached hydrogen (secondary N) is 1. The molecule has 0 spiro atoms. The van der Waals surface area contributed by atoms with E-state index in [0.29, 0.717) is 11.6 Å². The highest BCUT2D eigenvalue weighted by atomic mass is 32.2. The lowest BCUT2D eigenvalue weighted by molar-refractivity contribution is -0.347. The van der Waals surface area contributed by atoms with Crippen molar-refractivity contribution in [1.29, 1.82) is 0 Å². The normalized spacial score (nSPS) is 19.6. The molecule has 4 rings (SSSR count). The van der Waals surface area contributed by atoms with Crippen molar-refractivity contribution >= 4 is 26.7 Å². The van der Waals surface area contributed by atoms with Gasteiger partial charge in [0.25, 0.3) is 10.0 Å². The van der Waals surface area contributed by atoms with Gasteiger partial charge in [-0.05, 0) is 30.5 Å². The lowest BCUT2D eigenvalue weighted by atomic mass is 9.92. The minimum Gasteiger partial charge on any atom is -0.292 e. The van der Waals surface area contributed by atoms with Crippen LogP contribution < -0.4 is 4.72 Å². The molecule has 0 unspecified atom stereocenters. The summed E-state index contributed by atoms with van der Waals surface area (Å²) < 4.78 is 103. The van der Waals surface area contributed by atoms with Crippen molar-refractivity contribution in [3.63, 3.8) is 0 Å². The van der Waals surface area contributed by atoms with Crippen LogP contribution in [0.3, 0.4) is 0 Å². The minimum absolute atomic E-state index is 0.00808. The van der Waals surface area contributed by atoms with Crippen LogP contribution >= 0.6 is 11.5 Å². The average Bonchev–Trinajstić information content (AvgIpc) is 3.28. The number of ether oxygens (including phenoxy) is 1. The third-order valence-corrected chi connectivity index (χ3v) is 7.56. The van der Waals surface area contributed by atoms with Crippen molar-refractivity contribution in [2.24, 2.45) is 0 Å². The fourth-order valence-corrected chi connectivity index (χ4v) is 5.73. The Balaban J connectivity index is 1.57. The molecular formula is C21H19F5N4O3S2. The molecule has 1 saturated heterocycles. The Kier molecular flexibility index (Phi) is 7.35. The van der Waals surface area contributed by atoms with Crippen molar-refractivity contribution in [3.8, 4) is 0 Å². The standard InChI is InChI=1S/C21H19F5N4O3S2/c22-16-10-19(35(31,32)29-20-27-12-28-34-20)17(23)8-14(16)11-30-7-6-15(33-21(24,25)26)9-18(30)13-4-2-1-3-5-13/h1-5,8,10,12,15,18H,6-7,9,11H2,(H,27,28,29)/t15-,18-/m0/s1. The molecule has 7 nitrogen and oxygen atoms in total. The first-order chi connectivity index (χ1) is 16.5. The SMILES string of the molecule is O=S(=O)(Nc1ncns1)c1cc(F)c(CN2CC[C@H](OC(F)(F)F)C[C@H]2c2ccccc2)cc1F. The maximum atomic E-state index is 14.9. The first kappa shape index (κ1) is 25.4. The third-order valence-electron chi connectivity index (χ3n) is 5.50. The highest BCUT2D eigenvalue weighted by Gasteiger charge is 2.38. The predicted octanol–water partition coefficient (Wildman–Crippen LogP) is 4.86. The van der Waals surface area contributed by atoms with E-state index in [-0.39, 0.29) is 36.6 Å². The number of hydrogen-bond donors (Lipinski definition) is 1. The zero-order valence-corrected chi connectivity index (χ0v) is 19.5. The number of hydrogen-bond acceptors (Lipinski definition) is 7. The van der Waals surface area contributed by atoms with E-state index >= 15 is 0 Å². The van der Waals surface area contributed by atoms with Gasteiger partial charge in [-0.1, -0.05) is 30.3 Å². The van der Waals surface area contributed by atoms with Crippen molar-refractivity contribution in [3.05, 3.63) is 71.6 Å². The molecule has 188 valence electrons. The highest BCUT2D eigenvalue weighted by molar-refractivity contribution is 7.93. The topological polar surface area (TPSA) is 84.4 Å². The second-order valence-corrected chi connectivity index (χ2v) is 10.3. The van der Waals surface area contributed by atoms with E-state index in [1.807, 2.05) is 4.72 Å². The van der Waals surface area contributed by atoms with Crippen LogP contribution in [0.1, 0.15) is 30.0 Å². The zero-order valence-electron chi connectivity index (χ0n) is 17.9. The monoisotopic (exact) mass is 534 g/mol. The van der Waals surface area contributed by atoms with Crippen LogP contribution in [0, 0.1) is 11.6 Å². The smallest absolute Gasteiger partial charge is 0.292 e. The van der Waals surface area contributed by atoms with E-state index in [9.17, 15) is 30.4 Å². The molecule has 0 radical (unpaired) electrons. The molecule has 0 saturated carbocycles. The van der Waals surface area contributed by atoms with Gasteiger partial charge in [0.15, 0.2) is 0 Å². The molecule has 2 heterocycles. The summed E-state index contributed by atoms with van der Waals surface area (Å²) >= 11 is 0.728. The second-order valence-electron chi connectivity index (χ2n) is 7.83. The number of halogens is 5. The molecule has 14 heteroatoms. The van der Waals surface area contributed by atoms with Crippen LogP contribution in [-0.2, 0) is 21.3 Å². The Morgan fingerprint density at radius 1 is 1.14 bits per heavy atom. The molecule has 3 aromatic rings. The van der Waals surface area contributed by atoms with Crippen molar-refractivity contribution in [2.75, 3.05) is 11.3 Å². The third kappa shape index (κ3) is 6.31. The summed E-state index contributed by atoms with van der Waals surface area (Å²) in [7, 11) is -4.46. The van der Waals surface area contributed by atoms with Gasteiger partial charge in [0.05, 0.1) is 6.10 Å². The number of benzene rings is 2. The summed E-state index contributed by atoms with van der Waals surface area (Å²) in [6, 6.07) is 9.49. The minimum atomic E-state index is -4.78. The number of rotatable bonds is 7. The Hall–Kier alpha value is -2.68. The van der Waals surface area contributed by atoms with Gasteiger partial charge in [0.1, 0.15) is 22.9 Å². The predicted molar refractivity (Wildman–Crippen MR) is 117 cm³/mol. The van der Waals surface area contributed by atoms with Crippen LogP contribution in [0.25, 0.3) is 0 Å². The molecule has 0 amide bonds. The summed E-state index contributed by atoms with van der Waals surface area (Å²) in [5.41, 5.74) is 0.567. The van der Waals surface area contributed by atoms with E-state index < -0.39 is 45.1 Å². The van der Waals surface area contributed by atoms with Crippen molar-refractivity contribution in [2.45, 2.75) is 42.8 Å². The number of anilines is 1. The first-order valence-electron chi connectivity index (χ1n) is 10.3. The zero-order chi connectivity index (χ0) is 25.2. The molecule has 2 atom stereocenters. The van der Waals surface area contributed by atoms with Gasteiger partial charge in [-0.25, -0.2) is 22.2 Å². The molecule has 1 aromatic heterocycles. The van der Waals surface area contributed by atoms with E-state index in [4.69, 9.17) is 0 Å². The summed E-state index contributed by atoms with van der Waals surface area (Å²) in [4.78, 5) is 4.47. The van der Waals surface area contributed by atoms with Crippen molar-refractivity contribution < 1.29 is 35.1 Å². The summed E-state index contributed by atoms with van der Waals surface area (Å²) in [6.07, 6.45) is -4.74. The highest BCUT2D eigenvalue weighted by Crippen LogP contribution is 2.36. The Morgan fingerprint density at radius 3 is 2.54 bits per heavy atom. The number of alkyl halides is 3. The van der Waals surface area contributed by atoms with E-state index in [2.05, 4.69) is 14.1 Å². The molecule has 1 aliphatic rings. The lowest BCUT2D eigenvalue weighted by Gasteiger charge is -2.40. The van der Waals surface area contributed by atoms with Gasteiger partial charge in [-0.2, -0.15) is 4.37 Å². The van der Waals surface area contributed by atoms with Gasteiger partial charge in [-0.15, -0.1) is 13.2 Å². The van der Waals surface area contributed by atoms with Crippen LogP contribution in [0.15, 0.2) is 53.7 Å². The Labute approximate surface area is 201 Å². The first-order valence-corrected chi connectivity index (χ1v) is 12.6. The van der Waals surface area contributed by atoms with Gasteiger partial charge in [0, 0.05) is 36.2 Å². The molecule has 1 fully saturated rings. The van der Waals surface area contributed by atoms with Crippen molar-refractivity contribution in [1.82, 2.24) is 14.3 Å². The summed E-state index contributed by atoms with van der Waals surface area (Å²) in [5, 5.41) is -0.108. The van der Waals surface area contributed by atoms with Crippen LogP contribution in [0.4, 0.5) is 27.1 Å². The summed E-state index contributed by atoms with van der Waals surface area (Å²) in [6.45, 7) is -0.0226. The van der Waals surface area contributed by atoms with Gasteiger partial charge >= 0.3 is 6.36 Å². The Bertz CT molecular complexity index is 1260. The fourth-order valence-electron chi connectivity index (χ4n) is 3.99. The maximum absolute atomic E-state index is 14.9. The average molecular weight is 535 g/mol. The number of piperidine rings is 1. The fraction of sp³-hybridized carbons (Fsp3) is 0.333. The number of likely N-dealkylation sites (tertiary alicyclic amines) is 1. The maximum Gasteiger partial charge on any atom is 0.522 e. The van der Waals surface area contributed by atoms with E-state index in [1.165, 1.54) is 0 Å². The lowest BCUT2D eigenvalue weighted by Crippen LogP contribution is -2.41. The molecule has 0 aliphatic carbocycles. The second kappa shape index (κ2) is 10.1. The van der Waals surface area contributed by atoms with Gasteiger partial charge < -0.3 is 0 Å². The number of sulfonamides is 1. The van der Waals surface area contributed by atoms with Gasteiger partial charge in [0.2, 0.25) is 5.13 Å². The molecule has 1 aliphatic heterocycles. The largest absolute Gasteiger partial charge is 0.522 e. The van der Waals surface area contributed by atoms with Gasteiger partial charge in [-0.3, -0.25) is 14.4 Å². The van der Waals surface area contributed by atoms with E-state index in [0.717, 1.165) is 23.9 Å². The summed E-state index contributed by atoms with van der Waals surface area (Å²) in [5.74, 6) is -2.14. The van der Waals surface area contributed by atoms with E-state index in [1.54, 1.807) is 35.2 Å². The van der Waals surface area contributed by atoms with Crippen LogP contribution in [-0.4, -0.2) is 41.7 Å². The Morgan fingerprint density at radius 2 is 1.89 bits per heavy atom. The molecule has 1 N–H and O–H groups in total.